The van der Waals surface area contributed by atoms with Crippen molar-refractivity contribution in [2.24, 2.45) is 0 Å². The second-order valence-electron chi connectivity index (χ2n) is 8.77. The number of halogens is 8. The van der Waals surface area contributed by atoms with Gasteiger partial charge in [-0.1, -0.05) is 52.4 Å². The first-order valence-electron chi connectivity index (χ1n) is 11.6. The lowest BCUT2D eigenvalue weighted by atomic mass is 9.83. The topological polar surface area (TPSA) is 27.7 Å². The fourth-order valence-electron chi connectivity index (χ4n) is 4.21. The molecule has 2 atom stereocenters. The molecule has 35 heavy (non-hydrogen) atoms. The van der Waals surface area contributed by atoms with Gasteiger partial charge < -0.3 is 14.2 Å². The van der Waals surface area contributed by atoms with Crippen LogP contribution in [0.15, 0.2) is 47.5 Å². The van der Waals surface area contributed by atoms with Crippen LogP contribution in [0.25, 0.3) is 0 Å². The number of rotatable bonds is 12. The van der Waals surface area contributed by atoms with Gasteiger partial charge in [-0.3, -0.25) is 0 Å². The van der Waals surface area contributed by atoms with Crippen molar-refractivity contribution in [3.63, 3.8) is 0 Å². The van der Waals surface area contributed by atoms with E-state index in [1.165, 1.54) is 0 Å². The highest BCUT2D eigenvalue weighted by Gasteiger charge is 2.45. The van der Waals surface area contributed by atoms with E-state index < -0.39 is 47.1 Å². The maximum atomic E-state index is 14.2. The van der Waals surface area contributed by atoms with E-state index in [9.17, 15) is 35.1 Å². The summed E-state index contributed by atoms with van der Waals surface area (Å²) in [4.78, 5) is 0. The Hall–Kier alpha value is -2.04. The fourth-order valence-corrected chi connectivity index (χ4v) is 4.21. The average molecular weight is 518 g/mol. The summed E-state index contributed by atoms with van der Waals surface area (Å²) in [6, 6.07) is 0. The van der Waals surface area contributed by atoms with Crippen molar-refractivity contribution < 1.29 is 49.3 Å². The van der Waals surface area contributed by atoms with E-state index in [2.05, 4.69) is 9.47 Å². The summed E-state index contributed by atoms with van der Waals surface area (Å²) in [5.74, 6) is -4.58. The molecule has 0 amide bonds. The maximum Gasteiger partial charge on any atom is 0.573 e. The Morgan fingerprint density at radius 1 is 0.686 bits per heavy atom. The molecule has 0 aromatic rings. The largest absolute Gasteiger partial charge is 0.573 e. The molecule has 3 nitrogen and oxygen atoms in total. The van der Waals surface area contributed by atoms with Crippen LogP contribution in [0.2, 0.25) is 0 Å². The van der Waals surface area contributed by atoms with Gasteiger partial charge in [0.1, 0.15) is 0 Å². The second kappa shape index (κ2) is 11.8. The molecule has 2 aliphatic carbocycles. The minimum Gasteiger partial charge on any atom is -0.403 e. The molecule has 2 aliphatic rings. The zero-order chi connectivity index (χ0) is 26.3. The fraction of sp³-hybridized carbons (Fsp3) is 0.667. The predicted octanol–water partition coefficient (Wildman–Crippen LogP) is 9.00. The molecule has 0 N–H and O–H groups in total. The van der Waals surface area contributed by atoms with Crippen LogP contribution in [0.4, 0.5) is 35.1 Å². The predicted molar refractivity (Wildman–Crippen MR) is 113 cm³/mol. The van der Waals surface area contributed by atoms with Crippen LogP contribution in [0.1, 0.15) is 78.1 Å². The van der Waals surface area contributed by atoms with Crippen LogP contribution in [-0.4, -0.2) is 23.9 Å². The molecule has 0 radical (unpaired) electrons. The number of hydrogen-bond acceptors (Lipinski definition) is 3. The summed E-state index contributed by atoms with van der Waals surface area (Å²) in [5.41, 5.74) is -3.03. The van der Waals surface area contributed by atoms with Crippen molar-refractivity contribution in [3.05, 3.63) is 47.5 Å². The first-order valence-corrected chi connectivity index (χ1v) is 11.6. The van der Waals surface area contributed by atoms with Crippen molar-refractivity contribution in [2.45, 2.75) is 102 Å². The molecule has 200 valence electrons. The molecular formula is C24H30F8O3. The highest BCUT2D eigenvalue weighted by Crippen LogP contribution is 2.45. The van der Waals surface area contributed by atoms with Gasteiger partial charge in [0.25, 0.3) is 0 Å². The number of unbranched alkanes of at least 4 members (excludes halogenated alkanes) is 4. The molecule has 0 fully saturated rings. The van der Waals surface area contributed by atoms with E-state index in [4.69, 9.17) is 4.74 Å². The van der Waals surface area contributed by atoms with Gasteiger partial charge in [-0.15, -0.1) is 26.3 Å². The first-order chi connectivity index (χ1) is 16.2. The Kier molecular flexibility index (Phi) is 9.84. The number of allylic oxidation sites excluding steroid dienone is 2. The Labute approximate surface area is 199 Å². The van der Waals surface area contributed by atoms with Crippen molar-refractivity contribution in [2.75, 3.05) is 0 Å². The van der Waals surface area contributed by atoms with Gasteiger partial charge >= 0.3 is 12.7 Å². The van der Waals surface area contributed by atoms with Crippen molar-refractivity contribution >= 4 is 0 Å². The molecule has 0 aromatic heterocycles. The lowest BCUT2D eigenvalue weighted by molar-refractivity contribution is -0.306. The number of ether oxygens (including phenoxy) is 3. The van der Waals surface area contributed by atoms with Crippen LogP contribution in [-0.2, 0) is 14.2 Å². The van der Waals surface area contributed by atoms with Gasteiger partial charge in [0.15, 0.2) is 23.2 Å². The minimum atomic E-state index is -5.16. The zero-order valence-corrected chi connectivity index (χ0v) is 19.6. The number of alkyl halides is 6. The normalized spacial score (nSPS) is 25.4. The summed E-state index contributed by atoms with van der Waals surface area (Å²) in [6.45, 7) is 3.82. The highest BCUT2D eigenvalue weighted by atomic mass is 19.4. The van der Waals surface area contributed by atoms with Gasteiger partial charge in [0.2, 0.25) is 0 Å². The summed E-state index contributed by atoms with van der Waals surface area (Å²) < 4.78 is 120. The average Bonchev–Trinajstić information content (AvgIpc) is 2.72. The van der Waals surface area contributed by atoms with Crippen molar-refractivity contribution in [1.29, 1.82) is 0 Å². The lowest BCUT2D eigenvalue weighted by Gasteiger charge is -2.43. The monoisotopic (exact) mass is 518 g/mol. The molecule has 2 rings (SSSR count). The van der Waals surface area contributed by atoms with Gasteiger partial charge in [-0.2, -0.15) is 0 Å². The van der Waals surface area contributed by atoms with Gasteiger partial charge in [0, 0.05) is 12.8 Å². The third-order valence-corrected chi connectivity index (χ3v) is 5.78. The van der Waals surface area contributed by atoms with Crippen LogP contribution in [0, 0.1) is 0 Å². The Morgan fingerprint density at radius 2 is 1.06 bits per heavy atom. The molecule has 0 aromatic carbocycles. The molecule has 11 heteroatoms. The summed E-state index contributed by atoms with van der Waals surface area (Å²) in [7, 11) is 0. The maximum absolute atomic E-state index is 14.2. The highest BCUT2D eigenvalue weighted by molar-refractivity contribution is 5.33. The van der Waals surface area contributed by atoms with Gasteiger partial charge in [-0.05, 0) is 37.1 Å². The first kappa shape index (κ1) is 29.2. The van der Waals surface area contributed by atoms with E-state index >= 15 is 0 Å². The van der Waals surface area contributed by atoms with E-state index in [1.54, 1.807) is 0 Å². The number of hydrogen-bond donors (Lipinski definition) is 0. The third kappa shape index (κ3) is 9.16. The molecule has 0 bridgehead atoms. The summed E-state index contributed by atoms with van der Waals surface area (Å²) in [6.07, 6.45) is -2.82. The van der Waals surface area contributed by atoms with Crippen LogP contribution >= 0.6 is 0 Å². The quantitative estimate of drug-likeness (QED) is 0.191. The molecule has 0 heterocycles. The Morgan fingerprint density at radius 3 is 1.37 bits per heavy atom. The van der Waals surface area contributed by atoms with Crippen molar-refractivity contribution in [3.8, 4) is 0 Å². The van der Waals surface area contributed by atoms with Crippen LogP contribution in [0.3, 0.4) is 0 Å². The van der Waals surface area contributed by atoms with E-state index in [0.29, 0.717) is 25.7 Å². The van der Waals surface area contributed by atoms with Crippen molar-refractivity contribution in [1.82, 2.24) is 0 Å². The van der Waals surface area contributed by atoms with Gasteiger partial charge in [-0.25, -0.2) is 8.78 Å². The lowest BCUT2D eigenvalue weighted by Crippen LogP contribution is -2.45. The van der Waals surface area contributed by atoms with Crippen LogP contribution < -0.4 is 0 Å². The molecule has 0 spiro atoms. The van der Waals surface area contributed by atoms with Gasteiger partial charge in [0.05, 0.1) is 11.2 Å². The smallest absolute Gasteiger partial charge is 0.403 e. The van der Waals surface area contributed by atoms with E-state index in [0.717, 1.165) is 37.1 Å². The van der Waals surface area contributed by atoms with Crippen LogP contribution in [0.5, 0.6) is 0 Å². The van der Waals surface area contributed by atoms with E-state index in [-0.39, 0.29) is 25.7 Å². The summed E-state index contributed by atoms with van der Waals surface area (Å²) in [5, 5.41) is 0. The van der Waals surface area contributed by atoms with E-state index in [1.807, 2.05) is 13.8 Å². The SMILES string of the molecule is CCCCCC1(OC2(CCCCC)C=C(OC(F)(F)F)C(F)=CC2)C=C(OC(F)(F)F)C(F)=CC1. The molecule has 2 unspecified atom stereocenters. The Balaban J connectivity index is 2.50. The molecule has 0 saturated carbocycles. The molecule has 0 saturated heterocycles. The third-order valence-electron chi connectivity index (χ3n) is 5.78. The molecule has 0 aliphatic heterocycles. The molecular weight excluding hydrogens is 488 g/mol. The standard InChI is InChI=1S/C24H30F8O3/c1-3-5-7-11-21(13-9-17(25)19(15-21)33-23(27,28)29)35-22(12-8-6-4-2)14-10-18(26)20(16-22)34-24(30,31)32/h9-10,15-16H,3-8,11-14H2,1-2H3. The zero-order valence-electron chi connectivity index (χ0n) is 19.6. The Bertz CT molecular complexity index is 773. The minimum absolute atomic E-state index is 0.153. The summed E-state index contributed by atoms with van der Waals surface area (Å²) >= 11 is 0. The second-order valence-corrected chi connectivity index (χ2v) is 8.77.